The van der Waals surface area contributed by atoms with Gasteiger partial charge in [-0.3, -0.25) is 9.78 Å². The molecule has 0 fully saturated rings. The summed E-state index contributed by atoms with van der Waals surface area (Å²) in [5.41, 5.74) is 1.46. The summed E-state index contributed by atoms with van der Waals surface area (Å²) >= 11 is 7.98. The number of halogens is 2. The molecule has 1 atom stereocenters. The van der Waals surface area contributed by atoms with E-state index >= 15 is 0 Å². The highest BCUT2D eigenvalue weighted by Gasteiger charge is 2.17. The molecule has 0 radical (unpaired) electrons. The van der Waals surface area contributed by atoms with Crippen molar-refractivity contribution in [3.8, 4) is 6.07 Å². The van der Waals surface area contributed by atoms with Crippen LogP contribution in [0, 0.1) is 11.3 Å². The van der Waals surface area contributed by atoms with E-state index in [-0.39, 0.29) is 2.41 Å². The van der Waals surface area contributed by atoms with Crippen LogP contribution in [0.25, 0.3) is 10.2 Å². The number of rotatable bonds is 5. The molecular formula is C9H5I2N4OPS2. The first kappa shape index (κ1) is 15.6. The first-order chi connectivity index (χ1) is 9.15. The van der Waals surface area contributed by atoms with Crippen molar-refractivity contribution >= 4 is 85.8 Å². The molecule has 0 saturated heterocycles. The smallest absolute Gasteiger partial charge is 0.208 e. The molecule has 1 unspecified atom stereocenters. The van der Waals surface area contributed by atoms with Crippen molar-refractivity contribution in [3.05, 3.63) is 18.0 Å². The lowest BCUT2D eigenvalue weighted by Gasteiger charge is -2.07. The molecule has 1 amide bonds. The molecular weight excluding hydrogens is 529 g/mol. The van der Waals surface area contributed by atoms with Gasteiger partial charge in [0.25, 0.3) is 0 Å². The van der Waals surface area contributed by atoms with Gasteiger partial charge in [0, 0.05) is 11.8 Å². The Hall–Kier alpha value is 0.240. The molecule has 19 heavy (non-hydrogen) atoms. The van der Waals surface area contributed by atoms with Crippen molar-refractivity contribution in [2.24, 2.45) is 0 Å². The molecule has 1 N–H and O–H groups in total. The lowest BCUT2D eigenvalue weighted by Crippen LogP contribution is -2.17. The zero-order valence-electron chi connectivity index (χ0n) is 9.08. The van der Waals surface area contributed by atoms with Crippen LogP contribution < -0.4 is 5.32 Å². The minimum Gasteiger partial charge on any atom is -0.339 e. The van der Waals surface area contributed by atoms with Crippen LogP contribution >= 0.6 is 69.2 Å². The van der Waals surface area contributed by atoms with Gasteiger partial charge in [0.05, 0.1) is 19.4 Å². The highest BCUT2D eigenvalue weighted by molar-refractivity contribution is 14.3. The number of hydrogen-bond donors (Lipinski definition) is 1. The van der Waals surface area contributed by atoms with E-state index in [4.69, 9.17) is 5.26 Å². The summed E-state index contributed by atoms with van der Waals surface area (Å²) in [4.78, 5) is 19.1. The van der Waals surface area contributed by atoms with E-state index in [0.717, 1.165) is 14.6 Å². The van der Waals surface area contributed by atoms with Crippen LogP contribution in [0.2, 0.25) is 0 Å². The van der Waals surface area contributed by atoms with Gasteiger partial charge in [0.2, 0.25) is 6.41 Å². The summed E-state index contributed by atoms with van der Waals surface area (Å²) < 4.78 is 1.66. The first-order valence-electron chi connectivity index (χ1n) is 4.79. The third-order valence-electron chi connectivity index (χ3n) is 2.13. The van der Waals surface area contributed by atoms with Crippen molar-refractivity contribution in [1.29, 1.82) is 5.26 Å². The van der Waals surface area contributed by atoms with Crippen molar-refractivity contribution in [2.75, 3.05) is 0 Å². The van der Waals surface area contributed by atoms with E-state index in [9.17, 15) is 4.79 Å². The second-order valence-corrected chi connectivity index (χ2v) is 22.3. The molecule has 0 bridgehead atoms. The van der Waals surface area contributed by atoms with E-state index in [2.05, 4.69) is 65.4 Å². The van der Waals surface area contributed by atoms with Crippen LogP contribution in [-0.4, -0.2) is 16.4 Å². The number of carbonyl (C=O) groups is 1. The van der Waals surface area contributed by atoms with Crippen molar-refractivity contribution in [3.63, 3.8) is 0 Å². The molecule has 5 nitrogen and oxygen atoms in total. The minimum absolute atomic E-state index is 0.202. The third-order valence-corrected chi connectivity index (χ3v) is 8.78. The van der Waals surface area contributed by atoms with Crippen LogP contribution in [-0.2, 0) is 4.79 Å². The van der Waals surface area contributed by atoms with Crippen LogP contribution in [0.15, 0.2) is 16.7 Å². The zero-order valence-corrected chi connectivity index (χ0v) is 15.9. The van der Waals surface area contributed by atoms with Crippen LogP contribution in [0.3, 0.4) is 0 Å². The van der Waals surface area contributed by atoms with E-state index < -0.39 is 6.04 Å². The van der Waals surface area contributed by atoms with E-state index in [1.807, 2.05) is 0 Å². The zero-order chi connectivity index (χ0) is 13.8. The van der Waals surface area contributed by atoms with Gasteiger partial charge < -0.3 is 5.32 Å². The number of hydrogen-bond acceptors (Lipinski definition) is 6. The molecule has 0 spiro atoms. The topological polar surface area (TPSA) is 78.7 Å². The Labute approximate surface area is 144 Å². The van der Waals surface area contributed by atoms with Crippen molar-refractivity contribution in [2.45, 2.75) is 10.4 Å². The minimum atomic E-state index is -0.687. The molecule has 0 aromatic carbocycles. The molecule has 2 aromatic rings. The number of nitrogens with one attached hydrogen (secondary N) is 1. The number of amides is 1. The van der Waals surface area contributed by atoms with Gasteiger partial charge in [0.15, 0.2) is 4.34 Å². The number of nitrogens with zero attached hydrogens (tertiary/aromatic N) is 3. The maximum Gasteiger partial charge on any atom is 0.208 e. The highest BCUT2D eigenvalue weighted by atomic mass is 127. The Balaban J connectivity index is 2.47. The molecule has 98 valence electrons. The van der Waals surface area contributed by atoms with E-state index in [1.165, 1.54) is 11.3 Å². The normalized spacial score (nSPS) is 12.3. The Morgan fingerprint density at radius 1 is 1.58 bits per heavy atom. The second kappa shape index (κ2) is 7.31. The van der Waals surface area contributed by atoms with Crippen molar-refractivity contribution < 1.29 is 4.79 Å². The molecule has 0 aliphatic rings. The van der Waals surface area contributed by atoms with Gasteiger partial charge in [0.1, 0.15) is 11.6 Å². The summed E-state index contributed by atoms with van der Waals surface area (Å²) in [5.74, 6) is 0. The monoisotopic (exact) mass is 534 g/mol. The number of thiazole rings is 1. The van der Waals surface area contributed by atoms with Gasteiger partial charge in [-0.25, -0.2) is 4.98 Å². The Morgan fingerprint density at radius 2 is 2.37 bits per heavy atom. The molecule has 2 aromatic heterocycles. The predicted octanol–water partition coefficient (Wildman–Crippen LogP) is 4.19. The summed E-state index contributed by atoms with van der Waals surface area (Å²) in [7, 11) is 0. The standard InChI is InChI=1S/C9H5I2N4OPS2/c10-17(11)19-9-15-7-3-13-2-5(8(7)18-9)6(1-12)14-4-16/h2-4,6H,(H,14,16). The van der Waals surface area contributed by atoms with Gasteiger partial charge in [-0.2, -0.15) is 5.26 Å². The van der Waals surface area contributed by atoms with Gasteiger partial charge in [-0.1, -0.05) is 0 Å². The molecule has 2 heterocycles. The summed E-state index contributed by atoms with van der Waals surface area (Å²) in [6, 6.07) is 1.36. The number of pyridine rings is 1. The fraction of sp³-hybridized carbons (Fsp3) is 0.111. The van der Waals surface area contributed by atoms with Crippen molar-refractivity contribution in [1.82, 2.24) is 15.3 Å². The van der Waals surface area contributed by atoms with Gasteiger partial charge in [-0.05, 0) is 55.5 Å². The fourth-order valence-corrected chi connectivity index (χ4v) is 10.1. The lowest BCUT2D eigenvalue weighted by molar-refractivity contribution is -0.109. The second-order valence-electron chi connectivity index (χ2n) is 3.20. The van der Waals surface area contributed by atoms with Gasteiger partial charge in [-0.15, -0.1) is 11.3 Å². The molecule has 10 heteroatoms. The first-order valence-corrected chi connectivity index (χ1v) is 13.9. The average Bonchev–Trinajstić information content (AvgIpc) is 2.77. The quantitative estimate of drug-likeness (QED) is 0.354. The SMILES string of the molecule is N#CC(NC=O)c1cncc2nc(SP(I)I)sc12. The average molecular weight is 534 g/mol. The van der Waals surface area contributed by atoms with Crippen LogP contribution in [0.1, 0.15) is 11.6 Å². The lowest BCUT2D eigenvalue weighted by atomic mass is 10.1. The Kier molecular flexibility index (Phi) is 6.01. The summed E-state index contributed by atoms with van der Waals surface area (Å²) in [6.45, 7) is 0. The Morgan fingerprint density at radius 3 is 3.00 bits per heavy atom. The number of carbonyl (C=O) groups excluding carboxylic acids is 1. The molecule has 0 saturated carbocycles. The number of fused-ring (bicyclic) bond motifs is 1. The molecule has 0 aliphatic heterocycles. The number of aromatic nitrogens is 2. The Bertz CT molecular complexity index is 645. The van der Waals surface area contributed by atoms with Crippen LogP contribution in [0.4, 0.5) is 0 Å². The summed E-state index contributed by atoms with van der Waals surface area (Å²) in [6.07, 6.45) is 3.81. The maximum absolute atomic E-state index is 10.5. The predicted molar refractivity (Wildman–Crippen MR) is 95.8 cm³/mol. The van der Waals surface area contributed by atoms with Crippen LogP contribution in [0.5, 0.6) is 0 Å². The van der Waals surface area contributed by atoms with E-state index in [1.54, 1.807) is 23.8 Å². The van der Waals surface area contributed by atoms with Gasteiger partial charge >= 0.3 is 0 Å². The molecule has 2 rings (SSSR count). The largest absolute Gasteiger partial charge is 0.339 e. The van der Waals surface area contributed by atoms with E-state index in [0.29, 0.717) is 12.0 Å². The third kappa shape index (κ3) is 3.87. The fourth-order valence-electron chi connectivity index (χ4n) is 1.42. The summed E-state index contributed by atoms with van der Waals surface area (Å²) in [5, 5.41) is 11.6. The maximum atomic E-state index is 10.5. The number of nitriles is 1. The highest BCUT2D eigenvalue weighted by Crippen LogP contribution is 2.67. The molecule has 0 aliphatic carbocycles.